The number of hydrogen-bond donors (Lipinski definition) is 2. The Labute approximate surface area is 213 Å². The fourth-order valence-electron chi connectivity index (χ4n) is 5.56. The van der Waals surface area contributed by atoms with E-state index in [1.165, 1.54) is 6.07 Å². The summed E-state index contributed by atoms with van der Waals surface area (Å²) in [5, 5.41) is 15.5. The van der Waals surface area contributed by atoms with Crippen LogP contribution < -0.4 is 5.32 Å². The second-order valence-electron chi connectivity index (χ2n) is 10.3. The number of Topliss-reactive ketones (excluding diaryl/α,β-unsaturated/α-hetero) is 1. The molecule has 1 aliphatic carbocycles. The molecule has 4 aromatic rings. The Morgan fingerprint density at radius 2 is 1.86 bits per heavy atom. The molecule has 36 heavy (non-hydrogen) atoms. The molecule has 0 saturated heterocycles. The molecular formula is C30H24ClNO4. The summed E-state index contributed by atoms with van der Waals surface area (Å²) in [7, 11) is 0. The first-order valence-electron chi connectivity index (χ1n) is 11.9. The molecule has 2 aliphatic rings. The topological polar surface area (TPSA) is 79.5 Å². The summed E-state index contributed by atoms with van der Waals surface area (Å²) >= 11 is 6.05. The summed E-state index contributed by atoms with van der Waals surface area (Å²) in [5.41, 5.74) is 4.37. The third-order valence-electron chi connectivity index (χ3n) is 7.13. The van der Waals surface area contributed by atoms with E-state index in [1.54, 1.807) is 18.2 Å². The SMILES string of the molecule is CC1(C)CC(=O)C2=C(C1)c1c(ccc3ccccc13)NC2c1ccc(-c2ccc(Cl)c(C(=O)O)c2)o1. The summed E-state index contributed by atoms with van der Waals surface area (Å²) in [6.45, 7) is 4.28. The molecule has 6 rings (SSSR count). The number of carbonyl (C=O) groups is 2. The van der Waals surface area contributed by atoms with Crippen LogP contribution in [0.3, 0.4) is 0 Å². The smallest absolute Gasteiger partial charge is 0.337 e. The van der Waals surface area contributed by atoms with Crippen LogP contribution in [0.5, 0.6) is 0 Å². The molecule has 0 saturated carbocycles. The standard InChI is InChI=1S/C30H24ClNO4/c1-30(2)14-20-26-18-6-4-3-5-16(18)8-10-22(26)32-28(27(20)23(33)15-30)25-12-11-24(36-25)17-7-9-21(31)19(13-17)29(34)35/h3-13,28,32H,14-15H2,1-2H3,(H,34,35). The van der Waals surface area contributed by atoms with Crippen LogP contribution >= 0.6 is 11.6 Å². The zero-order valence-electron chi connectivity index (χ0n) is 19.9. The predicted molar refractivity (Wildman–Crippen MR) is 141 cm³/mol. The van der Waals surface area contributed by atoms with Gasteiger partial charge in [-0.3, -0.25) is 4.79 Å². The zero-order valence-corrected chi connectivity index (χ0v) is 20.6. The molecule has 5 nitrogen and oxygen atoms in total. The molecule has 1 unspecified atom stereocenters. The minimum absolute atomic E-state index is 0.0124. The third-order valence-corrected chi connectivity index (χ3v) is 7.46. The molecule has 0 amide bonds. The number of carboxylic acids is 1. The average molecular weight is 498 g/mol. The summed E-state index contributed by atoms with van der Waals surface area (Å²) in [5.74, 6) is 0.142. The number of halogens is 1. The Hall–Kier alpha value is -3.83. The fourth-order valence-corrected chi connectivity index (χ4v) is 5.75. The van der Waals surface area contributed by atoms with Gasteiger partial charge in [-0.1, -0.05) is 55.8 Å². The molecule has 0 radical (unpaired) electrons. The minimum atomic E-state index is -1.10. The van der Waals surface area contributed by atoms with Crippen molar-refractivity contribution in [3.63, 3.8) is 0 Å². The Kier molecular flexibility index (Phi) is 5.09. The van der Waals surface area contributed by atoms with Crippen molar-refractivity contribution in [2.24, 2.45) is 5.41 Å². The first-order valence-corrected chi connectivity index (χ1v) is 12.3. The predicted octanol–water partition coefficient (Wildman–Crippen LogP) is 7.76. The van der Waals surface area contributed by atoms with Crippen molar-refractivity contribution in [2.75, 3.05) is 5.32 Å². The average Bonchev–Trinajstić information content (AvgIpc) is 3.32. The number of aromatic carboxylic acids is 1. The highest BCUT2D eigenvalue weighted by atomic mass is 35.5. The maximum absolute atomic E-state index is 13.6. The number of ketones is 1. The zero-order chi connectivity index (χ0) is 25.2. The molecule has 2 heterocycles. The number of carboxylic acid groups (broad SMARTS) is 1. The number of carbonyl (C=O) groups excluding carboxylic acids is 1. The monoisotopic (exact) mass is 497 g/mol. The number of furan rings is 1. The van der Waals surface area contributed by atoms with Crippen LogP contribution in [0.2, 0.25) is 5.02 Å². The number of nitrogens with one attached hydrogen (secondary N) is 1. The summed E-state index contributed by atoms with van der Waals surface area (Å²) in [6, 6.07) is 20.4. The van der Waals surface area contributed by atoms with Crippen LogP contribution in [-0.2, 0) is 4.79 Å². The van der Waals surface area contributed by atoms with Crippen molar-refractivity contribution >= 4 is 45.4 Å². The van der Waals surface area contributed by atoms with Gasteiger partial charge in [-0.15, -0.1) is 0 Å². The van der Waals surface area contributed by atoms with E-state index >= 15 is 0 Å². The van der Waals surface area contributed by atoms with Gasteiger partial charge in [0.2, 0.25) is 0 Å². The normalized spacial score (nSPS) is 18.5. The fraction of sp³-hybridized carbons (Fsp3) is 0.200. The van der Waals surface area contributed by atoms with E-state index in [2.05, 4.69) is 43.4 Å². The second-order valence-corrected chi connectivity index (χ2v) is 10.7. The number of allylic oxidation sites excluding steroid dienone is 1. The van der Waals surface area contributed by atoms with Crippen LogP contribution in [-0.4, -0.2) is 16.9 Å². The Balaban J connectivity index is 1.50. The molecular weight excluding hydrogens is 474 g/mol. The summed E-state index contributed by atoms with van der Waals surface area (Å²) in [4.78, 5) is 25.1. The van der Waals surface area contributed by atoms with Gasteiger partial charge in [-0.2, -0.15) is 0 Å². The largest absolute Gasteiger partial charge is 0.478 e. The molecule has 1 aromatic heterocycles. The van der Waals surface area contributed by atoms with Gasteiger partial charge in [-0.05, 0) is 64.6 Å². The second kappa shape index (κ2) is 8.10. The van der Waals surface area contributed by atoms with Crippen molar-refractivity contribution in [3.8, 4) is 11.3 Å². The van der Waals surface area contributed by atoms with Crippen LogP contribution in [0.15, 0.2) is 76.7 Å². The highest BCUT2D eigenvalue weighted by Gasteiger charge is 2.41. The molecule has 1 aliphatic heterocycles. The number of hydrogen-bond acceptors (Lipinski definition) is 4. The van der Waals surface area contributed by atoms with Crippen LogP contribution in [0.1, 0.15) is 54.4 Å². The molecule has 0 fully saturated rings. The number of benzene rings is 3. The van der Waals surface area contributed by atoms with Crippen molar-refractivity contribution < 1.29 is 19.1 Å². The lowest BCUT2D eigenvalue weighted by Gasteiger charge is -2.39. The first kappa shape index (κ1) is 22.6. The number of fused-ring (bicyclic) bond motifs is 4. The Morgan fingerprint density at radius 3 is 2.67 bits per heavy atom. The summed E-state index contributed by atoms with van der Waals surface area (Å²) < 4.78 is 6.25. The van der Waals surface area contributed by atoms with Crippen molar-refractivity contribution in [2.45, 2.75) is 32.7 Å². The van der Waals surface area contributed by atoms with E-state index in [4.69, 9.17) is 16.0 Å². The lowest BCUT2D eigenvalue weighted by molar-refractivity contribution is -0.118. The van der Waals surface area contributed by atoms with Crippen LogP contribution in [0.25, 0.3) is 27.7 Å². The maximum Gasteiger partial charge on any atom is 0.337 e. The van der Waals surface area contributed by atoms with Gasteiger partial charge < -0.3 is 14.8 Å². The quantitative estimate of drug-likeness (QED) is 0.302. The molecule has 1 atom stereocenters. The lowest BCUT2D eigenvalue weighted by atomic mass is 9.68. The molecule has 2 N–H and O–H groups in total. The minimum Gasteiger partial charge on any atom is -0.478 e. The van der Waals surface area contributed by atoms with E-state index in [0.717, 1.165) is 39.6 Å². The third kappa shape index (κ3) is 3.62. The molecule has 0 spiro atoms. The van der Waals surface area contributed by atoms with Gasteiger partial charge >= 0.3 is 5.97 Å². The molecule has 180 valence electrons. The number of rotatable bonds is 3. The van der Waals surface area contributed by atoms with Crippen molar-refractivity contribution in [3.05, 3.63) is 94.2 Å². The first-order chi connectivity index (χ1) is 17.2. The van der Waals surface area contributed by atoms with Gasteiger partial charge in [0, 0.05) is 28.8 Å². The van der Waals surface area contributed by atoms with E-state index in [0.29, 0.717) is 23.5 Å². The molecule has 0 bridgehead atoms. The van der Waals surface area contributed by atoms with Crippen LogP contribution in [0.4, 0.5) is 5.69 Å². The van der Waals surface area contributed by atoms with Crippen molar-refractivity contribution in [1.29, 1.82) is 0 Å². The highest BCUT2D eigenvalue weighted by Crippen LogP contribution is 2.52. The van der Waals surface area contributed by atoms with Crippen molar-refractivity contribution in [1.82, 2.24) is 0 Å². The van der Waals surface area contributed by atoms with Gasteiger partial charge in [0.15, 0.2) is 5.78 Å². The highest BCUT2D eigenvalue weighted by molar-refractivity contribution is 6.33. The maximum atomic E-state index is 13.6. The van der Waals surface area contributed by atoms with E-state index in [1.807, 2.05) is 18.2 Å². The van der Waals surface area contributed by atoms with Crippen LogP contribution in [0, 0.1) is 5.41 Å². The van der Waals surface area contributed by atoms with E-state index < -0.39 is 12.0 Å². The van der Waals surface area contributed by atoms with E-state index in [9.17, 15) is 14.7 Å². The summed E-state index contributed by atoms with van der Waals surface area (Å²) in [6.07, 6.45) is 1.26. The van der Waals surface area contributed by atoms with Gasteiger partial charge in [0.1, 0.15) is 17.6 Å². The number of anilines is 1. The van der Waals surface area contributed by atoms with Gasteiger partial charge in [-0.25, -0.2) is 4.79 Å². The Morgan fingerprint density at radius 1 is 1.06 bits per heavy atom. The van der Waals surface area contributed by atoms with E-state index in [-0.39, 0.29) is 21.8 Å². The molecule has 6 heteroatoms. The Bertz CT molecular complexity index is 1610. The van der Waals surface area contributed by atoms with Gasteiger partial charge in [0.05, 0.1) is 10.6 Å². The molecule has 3 aromatic carbocycles. The van der Waals surface area contributed by atoms with Gasteiger partial charge in [0.25, 0.3) is 0 Å². The lowest BCUT2D eigenvalue weighted by Crippen LogP contribution is -2.33.